The van der Waals surface area contributed by atoms with E-state index in [1.165, 1.54) is 6.42 Å². The Morgan fingerprint density at radius 3 is 2.53 bits per heavy atom. The number of anilines is 5. The first kappa shape index (κ1) is 20.1. The number of hydrogen-bond donors (Lipinski definition) is 2. The van der Waals surface area contributed by atoms with Gasteiger partial charge in [0.15, 0.2) is 0 Å². The fourth-order valence-corrected chi connectivity index (χ4v) is 4.84. The average Bonchev–Trinajstić information content (AvgIpc) is 3.11. The normalized spacial score (nSPS) is 15.8. The molecule has 5 N–H and O–H groups in total. The van der Waals surface area contributed by atoms with Crippen LogP contribution in [-0.2, 0) is 11.2 Å². The van der Waals surface area contributed by atoms with Crippen molar-refractivity contribution in [1.29, 1.82) is 5.26 Å². The van der Waals surface area contributed by atoms with Crippen LogP contribution in [0.3, 0.4) is 0 Å². The molecule has 0 radical (unpaired) electrons. The first-order valence-electron chi connectivity index (χ1n) is 10.9. The summed E-state index contributed by atoms with van der Waals surface area (Å²) in [6.45, 7) is 5.75. The summed E-state index contributed by atoms with van der Waals surface area (Å²) in [5, 5.41) is 11.3. The highest BCUT2D eigenvalue weighted by molar-refractivity contribution is 6.15. The number of nitrogens with zero attached hydrogens (tertiary/aromatic N) is 4. The van der Waals surface area contributed by atoms with E-state index in [1.807, 2.05) is 32.0 Å². The largest absolute Gasteiger partial charge is 0.383 e. The minimum Gasteiger partial charge on any atom is -0.383 e. The first-order valence-corrected chi connectivity index (χ1v) is 10.9. The monoisotopic (exact) mass is 428 g/mol. The number of amides is 1. The molecule has 5 rings (SSSR count). The number of carbonyl (C=O) groups excluding carboxylic acids is 1. The molecule has 0 bridgehead atoms. The third-order valence-electron chi connectivity index (χ3n) is 6.64. The van der Waals surface area contributed by atoms with Crippen LogP contribution in [0.15, 0.2) is 18.2 Å². The molecule has 8 heteroatoms. The number of H-pyrrole nitrogens is 1. The van der Waals surface area contributed by atoms with E-state index < -0.39 is 0 Å². The van der Waals surface area contributed by atoms with Gasteiger partial charge in [-0.3, -0.25) is 14.6 Å². The minimum atomic E-state index is -0.0996. The molecule has 2 aromatic heterocycles. The van der Waals surface area contributed by atoms with E-state index in [4.69, 9.17) is 11.5 Å². The number of hydrogen-bond acceptors (Lipinski definition) is 6. The zero-order valence-electron chi connectivity index (χ0n) is 18.3. The molecule has 2 aliphatic heterocycles. The van der Waals surface area contributed by atoms with E-state index in [-0.39, 0.29) is 18.1 Å². The summed E-state index contributed by atoms with van der Waals surface area (Å²) in [5.74, 6) is 1.65. The lowest BCUT2D eigenvalue weighted by Crippen LogP contribution is -2.36. The van der Waals surface area contributed by atoms with Crippen molar-refractivity contribution < 1.29 is 9.78 Å². The molecule has 1 aromatic carbocycles. The third kappa shape index (κ3) is 2.93. The molecule has 1 fully saturated rings. The molecule has 1 saturated heterocycles. The second-order valence-electron chi connectivity index (χ2n) is 8.65. The van der Waals surface area contributed by atoms with Gasteiger partial charge < -0.3 is 11.5 Å². The number of benzene rings is 1. The summed E-state index contributed by atoms with van der Waals surface area (Å²) in [6.07, 6.45) is 3.44. The van der Waals surface area contributed by atoms with E-state index in [1.54, 1.807) is 4.90 Å². The number of aromatic nitrogens is 2. The van der Waals surface area contributed by atoms with Gasteiger partial charge in [0.2, 0.25) is 17.5 Å². The SMILES string of the molecule is Cc1ccc(N2C(=O)Cc3c2nc(N)c2c(N)[nH+]c(N4CCCCC4)c(C#N)c32)cc1C. The van der Waals surface area contributed by atoms with E-state index in [0.29, 0.717) is 39.4 Å². The predicted octanol–water partition coefficient (Wildman–Crippen LogP) is 2.91. The van der Waals surface area contributed by atoms with Gasteiger partial charge in [-0.25, -0.2) is 9.97 Å². The summed E-state index contributed by atoms with van der Waals surface area (Å²) in [7, 11) is 0. The molecule has 2 aliphatic rings. The van der Waals surface area contributed by atoms with Crippen molar-refractivity contribution in [1.82, 2.24) is 4.98 Å². The summed E-state index contributed by atoms with van der Waals surface area (Å²) in [4.78, 5) is 24.7. The number of fused-ring (bicyclic) bond motifs is 3. The van der Waals surface area contributed by atoms with Crippen LogP contribution in [0.4, 0.5) is 29.0 Å². The molecule has 0 aliphatic carbocycles. The van der Waals surface area contributed by atoms with Crippen molar-refractivity contribution in [2.75, 3.05) is 34.4 Å². The topological polar surface area (TPSA) is 126 Å². The predicted molar refractivity (Wildman–Crippen MR) is 125 cm³/mol. The summed E-state index contributed by atoms with van der Waals surface area (Å²) >= 11 is 0. The molecule has 4 heterocycles. The molecular formula is C24H26N7O+. The number of nitriles is 1. The van der Waals surface area contributed by atoms with Crippen molar-refractivity contribution in [2.45, 2.75) is 39.5 Å². The maximum absolute atomic E-state index is 13.2. The van der Waals surface area contributed by atoms with Gasteiger partial charge in [-0.05, 0) is 56.4 Å². The fourth-order valence-electron chi connectivity index (χ4n) is 4.84. The molecule has 3 aromatic rings. The zero-order chi connectivity index (χ0) is 22.6. The number of nitrogens with one attached hydrogen (secondary N) is 1. The summed E-state index contributed by atoms with van der Waals surface area (Å²) < 4.78 is 0. The molecule has 162 valence electrons. The number of aromatic amines is 1. The van der Waals surface area contributed by atoms with E-state index in [9.17, 15) is 10.1 Å². The van der Waals surface area contributed by atoms with Crippen LogP contribution < -0.4 is 26.3 Å². The first-order chi connectivity index (χ1) is 15.4. The quantitative estimate of drug-likeness (QED) is 0.646. The Kier molecular flexibility index (Phi) is 4.63. The van der Waals surface area contributed by atoms with Crippen LogP contribution in [0.5, 0.6) is 0 Å². The molecule has 0 spiro atoms. The van der Waals surface area contributed by atoms with Crippen molar-refractivity contribution >= 4 is 45.6 Å². The van der Waals surface area contributed by atoms with Crippen molar-refractivity contribution in [3.8, 4) is 6.07 Å². The van der Waals surface area contributed by atoms with Gasteiger partial charge in [-0.15, -0.1) is 0 Å². The van der Waals surface area contributed by atoms with Gasteiger partial charge in [-0.2, -0.15) is 5.26 Å². The Morgan fingerprint density at radius 2 is 1.84 bits per heavy atom. The minimum absolute atomic E-state index is 0.0996. The summed E-state index contributed by atoms with van der Waals surface area (Å²) in [6, 6.07) is 8.24. The number of aryl methyl sites for hydroxylation is 2. The Balaban J connectivity index is 1.78. The lowest BCUT2D eigenvalue weighted by atomic mass is 9.99. The van der Waals surface area contributed by atoms with Crippen molar-refractivity contribution in [3.63, 3.8) is 0 Å². The number of carbonyl (C=O) groups is 1. The van der Waals surface area contributed by atoms with Crippen molar-refractivity contribution in [3.05, 3.63) is 40.5 Å². The van der Waals surface area contributed by atoms with Gasteiger partial charge in [-0.1, -0.05) is 6.07 Å². The highest BCUT2D eigenvalue weighted by Gasteiger charge is 2.36. The molecule has 8 nitrogen and oxygen atoms in total. The zero-order valence-corrected chi connectivity index (χ0v) is 18.3. The highest BCUT2D eigenvalue weighted by atomic mass is 16.2. The maximum atomic E-state index is 13.2. The van der Waals surface area contributed by atoms with Gasteiger partial charge in [0.05, 0.1) is 30.6 Å². The molecule has 1 amide bonds. The Hall–Kier alpha value is -3.86. The van der Waals surface area contributed by atoms with E-state index >= 15 is 0 Å². The van der Waals surface area contributed by atoms with Gasteiger partial charge in [0.1, 0.15) is 23.3 Å². The van der Waals surface area contributed by atoms with Crippen LogP contribution in [0.25, 0.3) is 10.8 Å². The van der Waals surface area contributed by atoms with Gasteiger partial charge in [0.25, 0.3) is 0 Å². The molecule has 0 saturated carbocycles. The summed E-state index contributed by atoms with van der Waals surface area (Å²) in [5.41, 5.74) is 16.9. The lowest BCUT2D eigenvalue weighted by molar-refractivity contribution is -0.345. The lowest BCUT2D eigenvalue weighted by Gasteiger charge is -2.25. The smallest absolute Gasteiger partial charge is 0.240 e. The van der Waals surface area contributed by atoms with Gasteiger partial charge >= 0.3 is 0 Å². The molecule has 32 heavy (non-hydrogen) atoms. The fraction of sp³-hybridized carbons (Fsp3) is 0.333. The number of piperidine rings is 1. The van der Waals surface area contributed by atoms with Crippen LogP contribution in [0.1, 0.15) is 41.5 Å². The molecular weight excluding hydrogens is 402 g/mol. The average molecular weight is 429 g/mol. The Bertz CT molecular complexity index is 1320. The standard InChI is InChI=1S/C24H25N7O/c1-13-6-7-15(10-14(13)2)31-18(32)11-16-19-17(12-25)23(30-8-4-3-5-9-30)28-21(26)20(19)22(27)29-24(16)31/h6-7,10H,3-5,8-9,11H2,1-2H3,(H2,26,28)(H2,27,29)/p+1. The van der Waals surface area contributed by atoms with E-state index in [0.717, 1.165) is 42.7 Å². The number of nitrogens with two attached hydrogens (primary N) is 2. The second-order valence-corrected chi connectivity index (χ2v) is 8.65. The Morgan fingerprint density at radius 1 is 1.09 bits per heavy atom. The number of nitrogen functional groups attached to an aromatic ring is 2. The van der Waals surface area contributed by atoms with Crippen LogP contribution in [0.2, 0.25) is 0 Å². The van der Waals surface area contributed by atoms with Crippen molar-refractivity contribution in [2.24, 2.45) is 0 Å². The third-order valence-corrected chi connectivity index (χ3v) is 6.64. The molecule has 0 atom stereocenters. The second kappa shape index (κ2) is 7.38. The van der Waals surface area contributed by atoms with Crippen LogP contribution in [0, 0.1) is 25.2 Å². The van der Waals surface area contributed by atoms with Crippen LogP contribution in [-0.4, -0.2) is 24.0 Å². The number of pyridine rings is 2. The Labute approximate surface area is 186 Å². The highest BCUT2D eigenvalue weighted by Crippen LogP contribution is 2.43. The maximum Gasteiger partial charge on any atom is 0.240 e. The van der Waals surface area contributed by atoms with Gasteiger partial charge in [0, 0.05) is 10.9 Å². The van der Waals surface area contributed by atoms with Crippen LogP contribution >= 0.6 is 0 Å². The molecule has 0 unspecified atom stereocenters. The number of rotatable bonds is 2. The van der Waals surface area contributed by atoms with E-state index in [2.05, 4.69) is 20.9 Å².